The van der Waals surface area contributed by atoms with Crippen LogP contribution in [0.2, 0.25) is 25.7 Å². The van der Waals surface area contributed by atoms with Crippen LogP contribution in [0.25, 0.3) is 5.65 Å². The van der Waals surface area contributed by atoms with Crippen molar-refractivity contribution in [3.05, 3.63) is 46.9 Å². The summed E-state index contributed by atoms with van der Waals surface area (Å²) < 4.78 is 8.25. The molecule has 0 saturated carbocycles. The summed E-state index contributed by atoms with van der Waals surface area (Å²) >= 11 is 3.47. The average molecular weight is 439 g/mol. The zero-order valence-corrected chi connectivity index (χ0v) is 18.3. The summed E-state index contributed by atoms with van der Waals surface area (Å²) in [5.74, 6) is 6.52. The first-order chi connectivity index (χ1) is 12.3. The van der Waals surface area contributed by atoms with Crippen LogP contribution in [0.4, 0.5) is 5.95 Å². The average Bonchev–Trinajstić information content (AvgIpc) is 2.95. The minimum Gasteiger partial charge on any atom is -0.360 e. The number of fused-ring (bicyclic) bond motifs is 1. The van der Waals surface area contributed by atoms with Crippen molar-refractivity contribution in [2.24, 2.45) is 5.84 Å². The van der Waals surface area contributed by atoms with Gasteiger partial charge in [-0.15, -0.1) is 5.10 Å². The van der Waals surface area contributed by atoms with Gasteiger partial charge in [-0.05, 0) is 47.1 Å². The topological polar surface area (TPSA) is 80.7 Å². The van der Waals surface area contributed by atoms with E-state index < -0.39 is 8.07 Å². The molecule has 0 aliphatic rings. The molecule has 142 valence electrons. The van der Waals surface area contributed by atoms with Crippen LogP contribution in [-0.4, -0.2) is 41.0 Å². The maximum atomic E-state index is 6.02. The molecule has 2 heterocycles. The van der Waals surface area contributed by atoms with Crippen molar-refractivity contribution in [2.45, 2.75) is 32.6 Å². The maximum absolute atomic E-state index is 6.02. The molecule has 0 radical (unpaired) electrons. The summed E-state index contributed by atoms with van der Waals surface area (Å²) in [5.41, 5.74) is 1.52. The third kappa shape index (κ3) is 6.56. The molecule has 0 saturated heterocycles. The van der Waals surface area contributed by atoms with E-state index in [1.54, 1.807) is 10.7 Å². The van der Waals surface area contributed by atoms with Gasteiger partial charge in [0.15, 0.2) is 5.65 Å². The van der Waals surface area contributed by atoms with Gasteiger partial charge in [-0.25, -0.2) is 10.4 Å². The van der Waals surface area contributed by atoms with Crippen molar-refractivity contribution in [1.29, 1.82) is 0 Å². The Bertz CT molecular complexity index is 783. The van der Waals surface area contributed by atoms with Crippen molar-refractivity contribution in [1.82, 2.24) is 19.6 Å². The molecule has 26 heavy (non-hydrogen) atoms. The van der Waals surface area contributed by atoms with Gasteiger partial charge in [-0.3, -0.25) is 5.01 Å². The molecule has 9 heteroatoms. The van der Waals surface area contributed by atoms with Gasteiger partial charge in [-0.1, -0.05) is 25.7 Å². The molecule has 0 fully saturated rings. The van der Waals surface area contributed by atoms with Gasteiger partial charge < -0.3 is 10.1 Å². The number of anilines is 1. The third-order valence-electron chi connectivity index (χ3n) is 3.46. The molecule has 3 N–H and O–H groups in total. The second kappa shape index (κ2) is 9.31. The highest BCUT2D eigenvalue weighted by molar-refractivity contribution is 9.10. The molecule has 0 spiro atoms. The zero-order chi connectivity index (χ0) is 19.2. The van der Waals surface area contributed by atoms with E-state index in [-0.39, 0.29) is 0 Å². The van der Waals surface area contributed by atoms with Gasteiger partial charge >= 0.3 is 0 Å². The number of nitrogens with one attached hydrogen (secondary N) is 1. The first kappa shape index (κ1) is 20.6. The molecule has 2 aromatic rings. The number of nitrogens with zero attached hydrogens (tertiary/aromatic N) is 4. The number of rotatable bonds is 9. The molecule has 0 aliphatic carbocycles. The minimum atomic E-state index is -1.09. The van der Waals surface area contributed by atoms with Crippen LogP contribution in [0.5, 0.6) is 0 Å². The van der Waals surface area contributed by atoms with Crippen molar-refractivity contribution in [3.63, 3.8) is 0 Å². The molecule has 0 aromatic carbocycles. The predicted octanol–water partition coefficient (Wildman–Crippen LogP) is 3.81. The fourth-order valence-corrected chi connectivity index (χ4v) is 3.30. The van der Waals surface area contributed by atoms with Crippen LogP contribution in [0, 0.1) is 0 Å². The summed E-state index contributed by atoms with van der Waals surface area (Å²) in [6.07, 6.45) is 7.45. The van der Waals surface area contributed by atoms with Gasteiger partial charge in [-0.2, -0.15) is 4.98 Å². The Morgan fingerprint density at radius 2 is 2.23 bits per heavy atom. The number of ether oxygens (including phenoxy) is 1. The first-order valence-corrected chi connectivity index (χ1v) is 13.0. The normalized spacial score (nSPS) is 12.9. The van der Waals surface area contributed by atoms with Crippen LogP contribution < -0.4 is 11.2 Å². The fraction of sp³-hybridized carbons (Fsp3) is 0.412. The highest BCUT2D eigenvalue weighted by atomic mass is 79.9. The molecule has 0 unspecified atom stereocenters. The molecule has 0 atom stereocenters. The molecular weight excluding hydrogens is 412 g/mol. The second-order valence-corrected chi connectivity index (χ2v) is 13.6. The molecule has 0 bridgehead atoms. The number of aromatic nitrogens is 3. The highest BCUT2D eigenvalue weighted by Gasteiger charge is 2.12. The summed E-state index contributed by atoms with van der Waals surface area (Å²) in [4.78, 5) is 4.48. The fourth-order valence-electron chi connectivity index (χ4n) is 2.12. The van der Waals surface area contributed by atoms with Crippen LogP contribution in [0.15, 0.2) is 46.9 Å². The van der Waals surface area contributed by atoms with Gasteiger partial charge in [0.25, 0.3) is 0 Å². The van der Waals surface area contributed by atoms with Crippen molar-refractivity contribution in [2.75, 3.05) is 18.7 Å². The Kier molecular flexibility index (Phi) is 7.39. The molecule has 0 aliphatic heterocycles. The molecule has 7 nitrogen and oxygen atoms in total. The summed E-state index contributed by atoms with van der Waals surface area (Å²) in [6, 6.07) is 4.94. The first-order valence-electron chi connectivity index (χ1n) is 8.50. The molecular formula is C17H27BrN6OSi. The number of hydrogen-bond donors (Lipinski definition) is 2. The number of allylic oxidation sites excluding steroid dienone is 2. The lowest BCUT2D eigenvalue weighted by molar-refractivity contribution is 0.0618. The predicted molar refractivity (Wildman–Crippen MR) is 112 cm³/mol. The van der Waals surface area contributed by atoms with Gasteiger partial charge in [0.2, 0.25) is 5.95 Å². The number of pyridine rings is 1. The molecule has 2 rings (SSSR count). The van der Waals surface area contributed by atoms with E-state index in [4.69, 9.17) is 10.6 Å². The lowest BCUT2D eigenvalue weighted by Crippen LogP contribution is -2.30. The summed E-state index contributed by atoms with van der Waals surface area (Å²) in [7, 11) is -1.09. The Balaban J connectivity index is 2.00. The Morgan fingerprint density at radius 1 is 1.46 bits per heavy atom. The van der Waals surface area contributed by atoms with Crippen LogP contribution >= 0.6 is 15.9 Å². The maximum Gasteiger partial charge on any atom is 0.247 e. The highest BCUT2D eigenvalue weighted by Crippen LogP contribution is 2.17. The lowest BCUT2D eigenvalue weighted by atomic mass is 10.4. The Hall–Kier alpha value is -1.68. The van der Waals surface area contributed by atoms with Gasteiger partial charge in [0.1, 0.15) is 6.73 Å². The quantitative estimate of drug-likeness (QED) is 0.154. The van der Waals surface area contributed by atoms with E-state index in [1.807, 2.05) is 37.4 Å². The van der Waals surface area contributed by atoms with E-state index in [1.165, 1.54) is 5.01 Å². The lowest BCUT2D eigenvalue weighted by Gasteiger charge is -2.18. The SMILES string of the molecule is C/C=C\C(=C/N(N)COCC[Si](C)(C)C)Nc1nc2c(Br)cccn2n1. The number of nitrogens with two attached hydrogens (primary N) is 1. The van der Waals surface area contributed by atoms with E-state index in [9.17, 15) is 0 Å². The minimum absolute atomic E-state index is 0.331. The van der Waals surface area contributed by atoms with Crippen molar-refractivity contribution < 1.29 is 4.74 Å². The number of hydrogen-bond acceptors (Lipinski definition) is 6. The van der Waals surface area contributed by atoms with Crippen molar-refractivity contribution >= 4 is 35.6 Å². The van der Waals surface area contributed by atoms with E-state index >= 15 is 0 Å². The summed E-state index contributed by atoms with van der Waals surface area (Å²) in [6.45, 7) is 9.97. The standard InChI is InChI=1S/C17H27BrN6OSi/c1-5-7-14(12-23(19)13-25-10-11-26(2,3)4)20-17-21-16-15(18)8-6-9-24(16)22-17/h5-9,12H,10-11,13,19H2,1-4H3,(H,20,22)/b7-5-,14-12+. The number of hydrazine groups is 1. The van der Waals surface area contributed by atoms with Crippen molar-refractivity contribution in [3.8, 4) is 0 Å². The third-order valence-corrected chi connectivity index (χ3v) is 5.78. The van der Waals surface area contributed by atoms with E-state index in [0.29, 0.717) is 12.7 Å². The van der Waals surface area contributed by atoms with Gasteiger partial charge in [0.05, 0.1) is 10.2 Å². The second-order valence-electron chi connectivity index (χ2n) is 7.13. The van der Waals surface area contributed by atoms with E-state index in [0.717, 1.165) is 28.5 Å². The van der Waals surface area contributed by atoms with Crippen LogP contribution in [-0.2, 0) is 4.74 Å². The zero-order valence-electron chi connectivity index (χ0n) is 15.7. The molecule has 2 aromatic heterocycles. The Labute approximate surface area is 164 Å². The Morgan fingerprint density at radius 3 is 2.88 bits per heavy atom. The van der Waals surface area contributed by atoms with E-state index in [2.05, 4.69) is 51.0 Å². The summed E-state index contributed by atoms with van der Waals surface area (Å²) in [5, 5.41) is 9.10. The largest absolute Gasteiger partial charge is 0.360 e. The van der Waals surface area contributed by atoms with Gasteiger partial charge in [0, 0.05) is 27.1 Å². The number of halogens is 1. The monoisotopic (exact) mass is 438 g/mol. The van der Waals surface area contributed by atoms with Crippen LogP contribution in [0.3, 0.4) is 0 Å². The smallest absolute Gasteiger partial charge is 0.247 e. The molecule has 0 amide bonds. The van der Waals surface area contributed by atoms with Crippen LogP contribution in [0.1, 0.15) is 6.92 Å².